The second-order valence-corrected chi connectivity index (χ2v) is 5.99. The van der Waals surface area contributed by atoms with Gasteiger partial charge in [0.25, 0.3) is 0 Å². The molecule has 2 fully saturated rings. The first-order valence-electron chi connectivity index (χ1n) is 6.09. The first kappa shape index (κ1) is 9.55. The molecule has 0 aromatic carbocycles. The molecule has 0 spiro atoms. The van der Waals surface area contributed by atoms with Crippen LogP contribution in [0.15, 0.2) is 0 Å². The van der Waals surface area contributed by atoms with E-state index in [9.17, 15) is 0 Å². The van der Waals surface area contributed by atoms with Crippen LogP contribution in [0, 0.1) is 35.5 Å². The van der Waals surface area contributed by atoms with Crippen molar-refractivity contribution in [3.8, 4) is 0 Å². The molecule has 0 bridgehead atoms. The molecule has 0 aliphatic heterocycles. The van der Waals surface area contributed by atoms with Gasteiger partial charge in [-0.1, -0.05) is 27.7 Å². The van der Waals surface area contributed by atoms with Crippen molar-refractivity contribution in [1.29, 1.82) is 0 Å². The second-order valence-electron chi connectivity index (χ2n) is 5.99. The van der Waals surface area contributed by atoms with Gasteiger partial charge in [-0.3, -0.25) is 0 Å². The van der Waals surface area contributed by atoms with E-state index in [1.165, 1.54) is 19.3 Å². The molecule has 0 heteroatoms. The normalized spacial score (nSPS) is 56.3. The van der Waals surface area contributed by atoms with E-state index in [4.69, 9.17) is 0 Å². The molecule has 0 amide bonds. The van der Waals surface area contributed by atoms with Gasteiger partial charge in [0, 0.05) is 0 Å². The lowest BCUT2D eigenvalue weighted by molar-refractivity contribution is 0.109. The Morgan fingerprint density at radius 3 is 2.00 bits per heavy atom. The van der Waals surface area contributed by atoms with Gasteiger partial charge in [-0.15, -0.1) is 0 Å². The van der Waals surface area contributed by atoms with Gasteiger partial charge in [-0.05, 0) is 54.8 Å². The fourth-order valence-electron chi connectivity index (χ4n) is 4.44. The van der Waals surface area contributed by atoms with Crippen LogP contribution in [0.4, 0.5) is 0 Å². The fourth-order valence-corrected chi connectivity index (χ4v) is 4.44. The molecule has 76 valence electrons. The van der Waals surface area contributed by atoms with E-state index in [0.717, 1.165) is 35.5 Å². The van der Waals surface area contributed by atoms with Crippen LogP contribution < -0.4 is 0 Å². The predicted octanol–water partition coefficient (Wildman–Crippen LogP) is 3.96. The average Bonchev–Trinajstić information content (AvgIpc) is 2.27. The largest absolute Gasteiger partial charge is 0.0625 e. The molecule has 0 nitrogen and oxygen atoms in total. The Morgan fingerprint density at radius 1 is 0.692 bits per heavy atom. The summed E-state index contributed by atoms with van der Waals surface area (Å²) in [4.78, 5) is 0. The molecule has 0 heterocycles. The monoisotopic (exact) mass is 180 g/mol. The Balaban J connectivity index is 2.14. The topological polar surface area (TPSA) is 0 Å². The zero-order valence-electron chi connectivity index (χ0n) is 9.59. The van der Waals surface area contributed by atoms with Crippen molar-refractivity contribution in [3.05, 3.63) is 0 Å². The summed E-state index contributed by atoms with van der Waals surface area (Å²) >= 11 is 0. The number of rotatable bonds is 0. The number of fused-ring (bicyclic) bond motifs is 1. The van der Waals surface area contributed by atoms with Gasteiger partial charge in [0.05, 0.1) is 0 Å². The quantitative estimate of drug-likeness (QED) is 0.529. The molecule has 0 N–H and O–H groups in total. The Bertz CT molecular complexity index is 184. The minimum Gasteiger partial charge on any atom is -0.0625 e. The molecule has 0 aromatic heterocycles. The van der Waals surface area contributed by atoms with Gasteiger partial charge in [0.2, 0.25) is 0 Å². The number of hydrogen-bond acceptors (Lipinski definition) is 0. The van der Waals surface area contributed by atoms with Crippen LogP contribution in [0.2, 0.25) is 0 Å². The van der Waals surface area contributed by atoms with Crippen LogP contribution in [-0.2, 0) is 0 Å². The standard InChI is InChI=1S/C13H24/c1-8-5-10(3)13-11(4)7-9(2)12(13)6-8/h8-13H,5-7H2,1-4H3. The average molecular weight is 180 g/mol. The molecule has 2 aliphatic carbocycles. The molecule has 13 heavy (non-hydrogen) atoms. The Morgan fingerprint density at radius 2 is 1.31 bits per heavy atom. The van der Waals surface area contributed by atoms with E-state index in [1.54, 1.807) is 0 Å². The predicted molar refractivity (Wildman–Crippen MR) is 57.5 cm³/mol. The summed E-state index contributed by atoms with van der Waals surface area (Å²) in [5.74, 6) is 6.12. The molecule has 0 saturated heterocycles. The van der Waals surface area contributed by atoms with Gasteiger partial charge in [-0.25, -0.2) is 0 Å². The minimum atomic E-state index is 0.990. The lowest BCUT2D eigenvalue weighted by Crippen LogP contribution is -2.31. The summed E-state index contributed by atoms with van der Waals surface area (Å²) < 4.78 is 0. The van der Waals surface area contributed by atoms with Crippen LogP contribution in [0.5, 0.6) is 0 Å². The molecule has 2 aliphatic rings. The fraction of sp³-hybridized carbons (Fsp3) is 1.00. The Hall–Kier alpha value is 0. The molecule has 2 saturated carbocycles. The van der Waals surface area contributed by atoms with Crippen molar-refractivity contribution >= 4 is 0 Å². The van der Waals surface area contributed by atoms with Gasteiger partial charge in [0.15, 0.2) is 0 Å². The molecular formula is C13H24. The van der Waals surface area contributed by atoms with Crippen LogP contribution in [-0.4, -0.2) is 0 Å². The minimum absolute atomic E-state index is 0.990. The summed E-state index contributed by atoms with van der Waals surface area (Å²) in [5.41, 5.74) is 0. The smallest absolute Gasteiger partial charge is 0.0331 e. The molecule has 0 radical (unpaired) electrons. The third kappa shape index (κ3) is 1.53. The van der Waals surface area contributed by atoms with Gasteiger partial charge in [-0.2, -0.15) is 0 Å². The molecule has 2 rings (SSSR count). The van der Waals surface area contributed by atoms with Gasteiger partial charge < -0.3 is 0 Å². The summed E-state index contributed by atoms with van der Waals surface area (Å²) in [6.07, 6.45) is 4.49. The van der Waals surface area contributed by atoms with E-state index in [-0.39, 0.29) is 0 Å². The molecule has 0 aromatic rings. The maximum absolute atomic E-state index is 2.49. The lowest BCUT2D eigenvalue weighted by Gasteiger charge is -2.38. The van der Waals surface area contributed by atoms with E-state index in [0.29, 0.717) is 0 Å². The van der Waals surface area contributed by atoms with Crippen LogP contribution in [0.3, 0.4) is 0 Å². The second kappa shape index (κ2) is 3.29. The van der Waals surface area contributed by atoms with Crippen LogP contribution in [0.25, 0.3) is 0 Å². The maximum Gasteiger partial charge on any atom is -0.0331 e. The third-order valence-electron chi connectivity index (χ3n) is 4.73. The van der Waals surface area contributed by atoms with E-state index >= 15 is 0 Å². The highest BCUT2D eigenvalue weighted by Crippen LogP contribution is 2.52. The van der Waals surface area contributed by atoms with Crippen molar-refractivity contribution in [2.24, 2.45) is 35.5 Å². The van der Waals surface area contributed by atoms with E-state index in [1.807, 2.05) is 0 Å². The first-order valence-corrected chi connectivity index (χ1v) is 6.09. The van der Waals surface area contributed by atoms with Crippen molar-refractivity contribution in [2.45, 2.75) is 47.0 Å². The SMILES string of the molecule is CC1CC(C)C2C(C)CC(C)C2C1. The van der Waals surface area contributed by atoms with E-state index < -0.39 is 0 Å². The maximum atomic E-state index is 2.49. The van der Waals surface area contributed by atoms with Crippen molar-refractivity contribution < 1.29 is 0 Å². The molecule has 6 atom stereocenters. The number of hydrogen-bond donors (Lipinski definition) is 0. The zero-order valence-corrected chi connectivity index (χ0v) is 9.59. The van der Waals surface area contributed by atoms with Crippen LogP contribution >= 0.6 is 0 Å². The highest BCUT2D eigenvalue weighted by molar-refractivity contribution is 4.93. The highest BCUT2D eigenvalue weighted by atomic mass is 14.5. The van der Waals surface area contributed by atoms with Crippen molar-refractivity contribution in [2.75, 3.05) is 0 Å². The Labute approximate surface area is 83.1 Å². The zero-order chi connectivity index (χ0) is 9.59. The first-order chi connectivity index (χ1) is 6.09. The van der Waals surface area contributed by atoms with Gasteiger partial charge >= 0.3 is 0 Å². The molecular weight excluding hydrogens is 156 g/mol. The summed E-state index contributed by atoms with van der Waals surface area (Å²) in [7, 11) is 0. The summed E-state index contributed by atoms with van der Waals surface area (Å²) in [6.45, 7) is 9.89. The lowest BCUT2D eigenvalue weighted by atomic mass is 9.67. The summed E-state index contributed by atoms with van der Waals surface area (Å²) in [6, 6.07) is 0. The van der Waals surface area contributed by atoms with Crippen LogP contribution in [0.1, 0.15) is 47.0 Å². The summed E-state index contributed by atoms with van der Waals surface area (Å²) in [5, 5.41) is 0. The Kier molecular flexibility index (Phi) is 2.42. The van der Waals surface area contributed by atoms with Gasteiger partial charge in [0.1, 0.15) is 0 Å². The third-order valence-corrected chi connectivity index (χ3v) is 4.73. The van der Waals surface area contributed by atoms with Crippen molar-refractivity contribution in [1.82, 2.24) is 0 Å². The van der Waals surface area contributed by atoms with Crippen molar-refractivity contribution in [3.63, 3.8) is 0 Å². The molecule has 6 unspecified atom stereocenters. The van der Waals surface area contributed by atoms with E-state index in [2.05, 4.69) is 27.7 Å². The highest BCUT2D eigenvalue weighted by Gasteiger charge is 2.44.